The fourth-order valence-electron chi connectivity index (χ4n) is 2.98. The van der Waals surface area contributed by atoms with Crippen molar-refractivity contribution < 1.29 is 14.7 Å². The van der Waals surface area contributed by atoms with Gasteiger partial charge in [-0.1, -0.05) is 0 Å². The standard InChI is InChI=1S/C16H22N6O3/c1-12(16(24)25)22-14(3-4-17-22)15(23)21-7-5-20(6-8-21)11-13-9-18-19(2)10-13/h3-4,9-10,12H,5-8,11H2,1-2H3,(H,24,25). The summed E-state index contributed by atoms with van der Waals surface area (Å²) in [7, 11) is 1.89. The predicted molar refractivity (Wildman–Crippen MR) is 89.0 cm³/mol. The first-order valence-corrected chi connectivity index (χ1v) is 8.21. The molecule has 0 bridgehead atoms. The largest absolute Gasteiger partial charge is 0.480 e. The van der Waals surface area contributed by atoms with Crippen LogP contribution in [0.4, 0.5) is 0 Å². The first-order chi connectivity index (χ1) is 12.0. The summed E-state index contributed by atoms with van der Waals surface area (Å²) >= 11 is 0. The normalized spacial score (nSPS) is 16.8. The molecule has 3 heterocycles. The summed E-state index contributed by atoms with van der Waals surface area (Å²) < 4.78 is 3.05. The molecule has 1 amide bonds. The summed E-state index contributed by atoms with van der Waals surface area (Å²) in [6.45, 7) is 5.06. The van der Waals surface area contributed by atoms with Crippen molar-refractivity contribution in [3.63, 3.8) is 0 Å². The number of aryl methyl sites for hydroxylation is 1. The number of carbonyl (C=O) groups is 2. The highest BCUT2D eigenvalue weighted by Gasteiger charge is 2.27. The molecule has 1 unspecified atom stereocenters. The highest BCUT2D eigenvalue weighted by molar-refractivity contribution is 5.93. The van der Waals surface area contributed by atoms with Crippen LogP contribution in [0.25, 0.3) is 0 Å². The van der Waals surface area contributed by atoms with E-state index in [-0.39, 0.29) is 5.91 Å². The number of rotatable bonds is 5. The lowest BCUT2D eigenvalue weighted by Gasteiger charge is -2.34. The number of piperazine rings is 1. The van der Waals surface area contributed by atoms with E-state index in [0.717, 1.165) is 25.2 Å². The Bertz CT molecular complexity index is 760. The molecular weight excluding hydrogens is 324 g/mol. The summed E-state index contributed by atoms with van der Waals surface area (Å²) in [5.41, 5.74) is 1.46. The Morgan fingerprint density at radius 2 is 1.96 bits per heavy atom. The quantitative estimate of drug-likeness (QED) is 0.832. The third kappa shape index (κ3) is 3.71. The van der Waals surface area contributed by atoms with Crippen molar-refractivity contribution >= 4 is 11.9 Å². The van der Waals surface area contributed by atoms with Crippen molar-refractivity contribution in [1.82, 2.24) is 29.4 Å². The number of carboxylic acid groups (broad SMARTS) is 1. The Morgan fingerprint density at radius 1 is 1.24 bits per heavy atom. The fraction of sp³-hybridized carbons (Fsp3) is 0.500. The molecule has 1 aliphatic rings. The number of amides is 1. The molecule has 134 valence electrons. The van der Waals surface area contributed by atoms with Crippen molar-refractivity contribution in [1.29, 1.82) is 0 Å². The zero-order valence-corrected chi connectivity index (χ0v) is 14.4. The molecule has 1 atom stereocenters. The molecule has 0 radical (unpaired) electrons. The molecule has 3 rings (SSSR count). The number of carboxylic acids is 1. The molecule has 1 fully saturated rings. The van der Waals surface area contributed by atoms with Crippen molar-refractivity contribution in [3.05, 3.63) is 35.9 Å². The topological polar surface area (TPSA) is 96.5 Å². The van der Waals surface area contributed by atoms with Gasteiger partial charge < -0.3 is 10.0 Å². The molecule has 2 aromatic heterocycles. The van der Waals surface area contributed by atoms with E-state index in [4.69, 9.17) is 5.11 Å². The number of aromatic nitrogens is 4. The Kier molecular flexibility index (Phi) is 4.84. The molecule has 0 spiro atoms. The number of carbonyl (C=O) groups excluding carboxylic acids is 1. The number of nitrogens with zero attached hydrogens (tertiary/aromatic N) is 6. The maximum Gasteiger partial charge on any atom is 0.328 e. The highest BCUT2D eigenvalue weighted by Crippen LogP contribution is 2.14. The summed E-state index contributed by atoms with van der Waals surface area (Å²) in [5.74, 6) is -1.19. The van der Waals surface area contributed by atoms with Gasteiger partial charge in [0, 0.05) is 57.7 Å². The molecule has 1 aliphatic heterocycles. The molecule has 1 saturated heterocycles. The second-order valence-corrected chi connectivity index (χ2v) is 6.27. The van der Waals surface area contributed by atoms with E-state index < -0.39 is 12.0 Å². The molecule has 9 heteroatoms. The number of aliphatic carboxylic acids is 1. The molecule has 0 aliphatic carbocycles. The van der Waals surface area contributed by atoms with Gasteiger partial charge in [-0.05, 0) is 13.0 Å². The van der Waals surface area contributed by atoms with Crippen LogP contribution >= 0.6 is 0 Å². The van der Waals surface area contributed by atoms with E-state index in [1.807, 2.05) is 19.4 Å². The Balaban J connectivity index is 1.60. The van der Waals surface area contributed by atoms with Crippen LogP contribution in [0.3, 0.4) is 0 Å². The second kappa shape index (κ2) is 7.06. The maximum atomic E-state index is 12.7. The highest BCUT2D eigenvalue weighted by atomic mass is 16.4. The molecular formula is C16H22N6O3. The van der Waals surface area contributed by atoms with E-state index in [1.54, 1.807) is 15.6 Å². The van der Waals surface area contributed by atoms with E-state index in [0.29, 0.717) is 18.8 Å². The second-order valence-electron chi connectivity index (χ2n) is 6.27. The lowest BCUT2D eigenvalue weighted by atomic mass is 10.2. The number of hydrogen-bond donors (Lipinski definition) is 1. The van der Waals surface area contributed by atoms with Crippen LogP contribution in [0.15, 0.2) is 24.7 Å². The van der Waals surface area contributed by atoms with Gasteiger partial charge in [0.2, 0.25) is 0 Å². The van der Waals surface area contributed by atoms with Crippen LogP contribution in [0.2, 0.25) is 0 Å². The Labute approximate surface area is 145 Å². The summed E-state index contributed by atoms with van der Waals surface area (Å²) in [5, 5.41) is 17.3. The summed E-state index contributed by atoms with van der Waals surface area (Å²) in [6.07, 6.45) is 5.30. The molecule has 25 heavy (non-hydrogen) atoms. The van der Waals surface area contributed by atoms with Crippen molar-refractivity contribution in [2.75, 3.05) is 26.2 Å². The average molecular weight is 346 g/mol. The molecule has 9 nitrogen and oxygen atoms in total. The minimum atomic E-state index is -1.01. The van der Waals surface area contributed by atoms with Crippen molar-refractivity contribution in [2.24, 2.45) is 7.05 Å². The third-order valence-electron chi connectivity index (χ3n) is 4.44. The van der Waals surface area contributed by atoms with Crippen LogP contribution in [-0.4, -0.2) is 72.5 Å². The lowest BCUT2D eigenvalue weighted by molar-refractivity contribution is -0.140. The summed E-state index contributed by atoms with van der Waals surface area (Å²) in [6, 6.07) is 0.699. The van der Waals surface area contributed by atoms with Crippen LogP contribution in [0, 0.1) is 0 Å². The van der Waals surface area contributed by atoms with Gasteiger partial charge in [-0.2, -0.15) is 10.2 Å². The SMILES string of the molecule is CC(C(=O)O)n1nccc1C(=O)N1CCN(Cc2cnn(C)c2)CC1. The average Bonchev–Trinajstić information content (AvgIpc) is 3.23. The lowest BCUT2D eigenvalue weighted by Crippen LogP contribution is -2.48. The first kappa shape index (κ1) is 17.2. The van der Waals surface area contributed by atoms with Crippen LogP contribution in [0.5, 0.6) is 0 Å². The van der Waals surface area contributed by atoms with Crippen LogP contribution in [0.1, 0.15) is 29.0 Å². The number of hydrogen-bond acceptors (Lipinski definition) is 5. The predicted octanol–water partition coefficient (Wildman–Crippen LogP) is 0.220. The van der Waals surface area contributed by atoms with Gasteiger partial charge in [-0.3, -0.25) is 14.4 Å². The van der Waals surface area contributed by atoms with E-state index in [9.17, 15) is 9.59 Å². The van der Waals surface area contributed by atoms with Crippen molar-refractivity contribution in [2.45, 2.75) is 19.5 Å². The van der Waals surface area contributed by atoms with E-state index in [1.165, 1.54) is 17.8 Å². The summed E-state index contributed by atoms with van der Waals surface area (Å²) in [4.78, 5) is 27.9. The van der Waals surface area contributed by atoms with Crippen LogP contribution < -0.4 is 0 Å². The maximum absolute atomic E-state index is 12.7. The Morgan fingerprint density at radius 3 is 2.56 bits per heavy atom. The minimum Gasteiger partial charge on any atom is -0.480 e. The molecule has 2 aromatic rings. The van der Waals surface area contributed by atoms with Crippen LogP contribution in [-0.2, 0) is 18.4 Å². The van der Waals surface area contributed by atoms with E-state index in [2.05, 4.69) is 15.1 Å². The van der Waals surface area contributed by atoms with E-state index >= 15 is 0 Å². The molecule has 1 N–H and O–H groups in total. The van der Waals surface area contributed by atoms with Gasteiger partial charge in [0.25, 0.3) is 5.91 Å². The van der Waals surface area contributed by atoms with Crippen molar-refractivity contribution in [3.8, 4) is 0 Å². The van der Waals surface area contributed by atoms with Gasteiger partial charge >= 0.3 is 5.97 Å². The van der Waals surface area contributed by atoms with Gasteiger partial charge in [0.15, 0.2) is 0 Å². The fourth-order valence-corrected chi connectivity index (χ4v) is 2.98. The smallest absolute Gasteiger partial charge is 0.328 e. The molecule has 0 aromatic carbocycles. The zero-order chi connectivity index (χ0) is 18.0. The monoisotopic (exact) mass is 346 g/mol. The first-order valence-electron chi connectivity index (χ1n) is 8.21. The van der Waals surface area contributed by atoms with Gasteiger partial charge in [-0.25, -0.2) is 9.48 Å². The van der Waals surface area contributed by atoms with Gasteiger partial charge in [0.1, 0.15) is 11.7 Å². The minimum absolute atomic E-state index is 0.174. The van der Waals surface area contributed by atoms with Gasteiger partial charge in [0.05, 0.1) is 6.20 Å². The zero-order valence-electron chi connectivity index (χ0n) is 14.4. The Hall–Kier alpha value is -2.68. The van der Waals surface area contributed by atoms with Gasteiger partial charge in [-0.15, -0.1) is 0 Å². The molecule has 0 saturated carbocycles. The third-order valence-corrected chi connectivity index (χ3v) is 4.44.